The monoisotopic (exact) mass is 386 g/mol. The summed E-state index contributed by atoms with van der Waals surface area (Å²) in [6.45, 7) is 0.345. The molecule has 7 heteroatoms. The number of nitrogens with one attached hydrogen (secondary N) is 2. The van der Waals surface area contributed by atoms with Gasteiger partial charge >= 0.3 is 0 Å². The van der Waals surface area contributed by atoms with Crippen molar-refractivity contribution in [2.24, 2.45) is 0 Å². The Balaban J connectivity index is 1.61. The Hall–Kier alpha value is -2.51. The molecule has 1 fully saturated rings. The lowest BCUT2D eigenvalue weighted by atomic mass is 9.96. The molecule has 4 rings (SSSR count). The second-order valence-electron chi connectivity index (χ2n) is 6.87. The van der Waals surface area contributed by atoms with Crippen LogP contribution in [0.5, 0.6) is 11.5 Å². The first-order chi connectivity index (χ1) is 13.0. The lowest BCUT2D eigenvalue weighted by Crippen LogP contribution is -2.32. The molecule has 1 heterocycles. The number of aromatic nitrogens is 1. The molecule has 1 aromatic heterocycles. The molecule has 0 atom stereocenters. The maximum Gasteiger partial charge on any atom is 0.244 e. The highest BCUT2D eigenvalue weighted by atomic mass is 32.2. The summed E-state index contributed by atoms with van der Waals surface area (Å²) in [4.78, 5) is 3.37. The molecule has 0 bridgehead atoms. The van der Waals surface area contributed by atoms with Crippen molar-refractivity contribution in [2.75, 3.05) is 20.8 Å². The van der Waals surface area contributed by atoms with Crippen LogP contribution in [-0.4, -0.2) is 34.2 Å². The molecular formula is C20H22N2O4S. The molecule has 2 aromatic carbocycles. The first-order valence-electron chi connectivity index (χ1n) is 8.77. The van der Waals surface area contributed by atoms with Gasteiger partial charge in [0.1, 0.15) is 16.4 Å². The Labute approximate surface area is 158 Å². The highest BCUT2D eigenvalue weighted by Crippen LogP contribution is 2.50. The summed E-state index contributed by atoms with van der Waals surface area (Å²) in [5.41, 5.74) is 2.06. The van der Waals surface area contributed by atoms with Gasteiger partial charge < -0.3 is 14.5 Å². The maximum atomic E-state index is 12.9. The number of ether oxygens (including phenoxy) is 2. The van der Waals surface area contributed by atoms with E-state index in [1.54, 1.807) is 12.1 Å². The van der Waals surface area contributed by atoms with Gasteiger partial charge in [0.2, 0.25) is 10.0 Å². The fourth-order valence-corrected chi connectivity index (χ4v) is 4.82. The molecule has 0 saturated heterocycles. The average Bonchev–Trinajstić information content (AvgIpc) is 3.36. The summed E-state index contributed by atoms with van der Waals surface area (Å²) in [6.07, 6.45) is 3.90. The second-order valence-corrected chi connectivity index (χ2v) is 8.60. The Morgan fingerprint density at radius 3 is 2.59 bits per heavy atom. The van der Waals surface area contributed by atoms with Crippen LogP contribution in [0.4, 0.5) is 0 Å². The Morgan fingerprint density at radius 2 is 1.89 bits per heavy atom. The van der Waals surface area contributed by atoms with Crippen molar-refractivity contribution in [2.45, 2.75) is 23.2 Å². The molecule has 142 valence electrons. The smallest absolute Gasteiger partial charge is 0.244 e. The SMILES string of the molecule is COc1ccc(OC)c(S(=O)(=O)NCC2(c3c[nH]c4ccccc34)CC2)c1. The lowest BCUT2D eigenvalue weighted by Gasteiger charge is -2.17. The van der Waals surface area contributed by atoms with E-state index in [2.05, 4.69) is 15.8 Å². The van der Waals surface area contributed by atoms with E-state index in [0.29, 0.717) is 18.0 Å². The first-order valence-corrected chi connectivity index (χ1v) is 10.3. The third-order valence-corrected chi connectivity index (χ3v) is 6.70. The van der Waals surface area contributed by atoms with Gasteiger partial charge in [0.25, 0.3) is 0 Å². The van der Waals surface area contributed by atoms with Crippen LogP contribution in [0.3, 0.4) is 0 Å². The van der Waals surface area contributed by atoms with Gasteiger partial charge in [0.05, 0.1) is 14.2 Å². The standard InChI is InChI=1S/C20H22N2O4S/c1-25-14-7-8-18(26-2)19(11-14)27(23,24)22-13-20(9-10-20)16-12-21-17-6-4-3-5-15(16)17/h3-8,11-12,21-22H,9-10,13H2,1-2H3. The van der Waals surface area contributed by atoms with Crippen molar-refractivity contribution in [3.8, 4) is 11.5 Å². The Kier molecular flexibility index (Phi) is 4.36. The minimum Gasteiger partial charge on any atom is -0.497 e. The van der Waals surface area contributed by atoms with Crippen molar-refractivity contribution >= 4 is 20.9 Å². The Bertz CT molecular complexity index is 1080. The molecule has 2 N–H and O–H groups in total. The fourth-order valence-electron chi connectivity index (χ4n) is 3.51. The second kappa shape index (κ2) is 6.58. The molecule has 0 aliphatic heterocycles. The van der Waals surface area contributed by atoms with Crippen molar-refractivity contribution < 1.29 is 17.9 Å². The van der Waals surface area contributed by atoms with Gasteiger partial charge in [0.15, 0.2) is 0 Å². The van der Waals surface area contributed by atoms with Gasteiger partial charge in [0, 0.05) is 35.1 Å². The predicted molar refractivity (Wildman–Crippen MR) is 104 cm³/mol. The quantitative estimate of drug-likeness (QED) is 0.653. The number of rotatable bonds is 7. The molecule has 0 spiro atoms. The van der Waals surface area contributed by atoms with E-state index in [9.17, 15) is 8.42 Å². The summed E-state index contributed by atoms with van der Waals surface area (Å²) >= 11 is 0. The van der Waals surface area contributed by atoms with Crippen LogP contribution in [0, 0.1) is 0 Å². The summed E-state index contributed by atoms with van der Waals surface area (Å²) in [7, 11) is -0.783. The number of para-hydroxylation sites is 1. The van der Waals surface area contributed by atoms with Crippen LogP contribution in [0.25, 0.3) is 10.9 Å². The topological polar surface area (TPSA) is 80.4 Å². The lowest BCUT2D eigenvalue weighted by molar-refractivity contribution is 0.392. The number of H-pyrrole nitrogens is 1. The van der Waals surface area contributed by atoms with Crippen molar-refractivity contribution in [3.05, 3.63) is 54.2 Å². The van der Waals surface area contributed by atoms with Crippen LogP contribution in [-0.2, 0) is 15.4 Å². The van der Waals surface area contributed by atoms with Crippen molar-refractivity contribution in [3.63, 3.8) is 0 Å². The first kappa shape index (κ1) is 17.9. The molecule has 1 aliphatic carbocycles. The van der Waals surface area contributed by atoms with Crippen molar-refractivity contribution in [1.29, 1.82) is 0 Å². The minimum atomic E-state index is -3.74. The largest absolute Gasteiger partial charge is 0.497 e. The number of benzene rings is 2. The average molecular weight is 386 g/mol. The number of fused-ring (bicyclic) bond motifs is 1. The van der Waals surface area contributed by atoms with Crippen molar-refractivity contribution in [1.82, 2.24) is 9.71 Å². The third kappa shape index (κ3) is 3.17. The zero-order chi connectivity index (χ0) is 19.1. The normalized spacial score (nSPS) is 15.6. The third-order valence-electron chi connectivity index (χ3n) is 5.28. The molecule has 0 amide bonds. The minimum absolute atomic E-state index is 0.0825. The summed E-state index contributed by atoms with van der Waals surface area (Å²) in [6, 6.07) is 12.8. The molecule has 1 saturated carbocycles. The zero-order valence-electron chi connectivity index (χ0n) is 15.3. The van der Waals surface area contributed by atoms with Gasteiger partial charge in [-0.3, -0.25) is 0 Å². The number of aromatic amines is 1. The zero-order valence-corrected chi connectivity index (χ0v) is 16.1. The highest BCUT2D eigenvalue weighted by molar-refractivity contribution is 7.89. The van der Waals surface area contributed by atoms with Gasteiger partial charge in [-0.2, -0.15) is 0 Å². The molecule has 27 heavy (non-hydrogen) atoms. The molecular weight excluding hydrogens is 364 g/mol. The van der Waals surface area contributed by atoms with Gasteiger partial charge in [-0.15, -0.1) is 0 Å². The van der Waals surface area contributed by atoms with Gasteiger partial charge in [-0.1, -0.05) is 18.2 Å². The summed E-state index contributed by atoms with van der Waals surface area (Å²) in [5.74, 6) is 0.758. The van der Waals surface area contributed by atoms with Crippen LogP contribution in [0.15, 0.2) is 53.6 Å². The van der Waals surface area contributed by atoms with E-state index >= 15 is 0 Å². The summed E-state index contributed by atoms with van der Waals surface area (Å²) in [5, 5.41) is 1.15. The van der Waals surface area contributed by atoms with E-state index < -0.39 is 10.0 Å². The highest BCUT2D eigenvalue weighted by Gasteiger charge is 2.46. The van der Waals surface area contributed by atoms with Crippen LogP contribution in [0.2, 0.25) is 0 Å². The maximum absolute atomic E-state index is 12.9. The van der Waals surface area contributed by atoms with Gasteiger partial charge in [-0.05, 0) is 36.6 Å². The summed E-state index contributed by atoms with van der Waals surface area (Å²) < 4.78 is 39.0. The van der Waals surface area contributed by atoms with E-state index in [1.807, 2.05) is 24.4 Å². The number of hydrogen-bond acceptors (Lipinski definition) is 4. The molecule has 0 unspecified atom stereocenters. The van der Waals surface area contributed by atoms with Crippen LogP contribution < -0.4 is 14.2 Å². The number of methoxy groups -OCH3 is 2. The number of sulfonamides is 1. The Morgan fingerprint density at radius 1 is 1.11 bits per heavy atom. The molecule has 0 radical (unpaired) electrons. The van der Waals surface area contributed by atoms with Crippen LogP contribution in [0.1, 0.15) is 18.4 Å². The molecule has 6 nitrogen and oxygen atoms in total. The predicted octanol–water partition coefficient (Wildman–Crippen LogP) is 3.20. The molecule has 1 aliphatic rings. The number of hydrogen-bond donors (Lipinski definition) is 2. The van der Waals surface area contributed by atoms with E-state index in [0.717, 1.165) is 23.7 Å². The molecule has 3 aromatic rings. The van der Waals surface area contributed by atoms with Crippen LogP contribution >= 0.6 is 0 Å². The van der Waals surface area contributed by atoms with E-state index in [-0.39, 0.29) is 10.3 Å². The van der Waals surface area contributed by atoms with E-state index in [1.165, 1.54) is 25.8 Å². The fraction of sp³-hybridized carbons (Fsp3) is 0.300. The van der Waals surface area contributed by atoms with E-state index in [4.69, 9.17) is 9.47 Å². The van der Waals surface area contributed by atoms with Gasteiger partial charge in [-0.25, -0.2) is 13.1 Å².